The van der Waals surface area contributed by atoms with E-state index in [0.29, 0.717) is 11.5 Å². The Morgan fingerprint density at radius 3 is 2.38 bits per heavy atom. The smallest absolute Gasteiger partial charge is 0.322 e. The molecule has 0 aromatic rings. The monoisotopic (exact) mass is 245 g/mol. The largest absolute Gasteiger partial charge is 0.468 e. The summed E-state index contributed by atoms with van der Waals surface area (Å²) >= 11 is 5.74. The average molecular weight is 246 g/mol. The number of methoxy groups -OCH3 is 1. The van der Waals surface area contributed by atoms with Crippen molar-refractivity contribution in [3.8, 4) is 0 Å². The van der Waals surface area contributed by atoms with Crippen molar-refractivity contribution in [1.82, 2.24) is 0 Å². The number of nitrogens with two attached hydrogens (primary N) is 1. The first kappa shape index (κ1) is 15.7. The van der Waals surface area contributed by atoms with E-state index in [1.165, 1.54) is 7.11 Å². The van der Waals surface area contributed by atoms with Gasteiger partial charge in [-0.2, -0.15) is 0 Å². The fourth-order valence-corrected chi connectivity index (χ4v) is 2.68. The van der Waals surface area contributed by atoms with Crippen molar-refractivity contribution in [2.45, 2.75) is 25.2 Å². The van der Waals surface area contributed by atoms with Gasteiger partial charge in [0.15, 0.2) is 0 Å². The number of hydrogen-bond donors (Lipinski definition) is 1. The summed E-state index contributed by atoms with van der Waals surface area (Å²) in [6, 6.07) is 0.179. The van der Waals surface area contributed by atoms with Crippen LogP contribution in [0.2, 0.25) is 19.1 Å². The van der Waals surface area contributed by atoms with Crippen LogP contribution in [0.1, 0.15) is 0 Å². The average Bonchev–Trinajstić information content (AvgIpc) is 2.02. The molecule has 0 unspecified atom stereocenters. The van der Waals surface area contributed by atoms with Gasteiger partial charge in [0.2, 0.25) is 0 Å². The Morgan fingerprint density at radius 2 is 2.08 bits per heavy atom. The predicted octanol–water partition coefficient (Wildman–Crippen LogP) is 1.39. The lowest BCUT2D eigenvalue weighted by atomic mass is 10.4. The third kappa shape index (κ3) is 6.32. The fourth-order valence-electron chi connectivity index (χ4n) is 0.885. The van der Waals surface area contributed by atoms with Gasteiger partial charge in [0.05, 0.1) is 15.2 Å². The number of rotatable bonds is 4. The second kappa shape index (κ2) is 6.65. The number of ether oxygens (including phenoxy) is 1. The first-order valence-corrected chi connectivity index (χ1v) is 7.77. The summed E-state index contributed by atoms with van der Waals surface area (Å²) in [5.41, 5.74) is 6.21. The van der Waals surface area contributed by atoms with Crippen molar-refractivity contribution in [2.24, 2.45) is 5.73 Å². The zero-order valence-corrected chi connectivity index (χ0v) is 10.7. The second-order valence-electron chi connectivity index (χ2n) is 3.63. The number of esters is 1. The van der Waals surface area contributed by atoms with Crippen molar-refractivity contribution in [3.63, 3.8) is 0 Å². The number of hydrogen-bond acceptors (Lipinski definition) is 3. The van der Waals surface area contributed by atoms with Gasteiger partial charge < -0.3 is 10.5 Å². The lowest BCUT2D eigenvalue weighted by molar-refractivity contribution is -0.141. The molecule has 0 bridgehead atoms. The van der Waals surface area contributed by atoms with Crippen molar-refractivity contribution in [3.05, 3.63) is 0 Å². The van der Waals surface area contributed by atoms with Crippen LogP contribution < -0.4 is 5.73 Å². The SMILES string of the molecule is COC(=O)[C@@H](N)C[Si](C)(C)CCl.Cl. The first-order valence-electron chi connectivity index (χ1n) is 3.82. The van der Waals surface area contributed by atoms with E-state index in [1.807, 2.05) is 0 Å². The minimum atomic E-state index is -1.48. The molecule has 0 heterocycles. The minimum Gasteiger partial charge on any atom is -0.468 e. The highest BCUT2D eigenvalue weighted by Crippen LogP contribution is 2.13. The molecule has 0 spiro atoms. The summed E-state index contributed by atoms with van der Waals surface area (Å²) in [5, 5.41) is 0. The molecule has 0 aromatic heterocycles. The molecule has 13 heavy (non-hydrogen) atoms. The van der Waals surface area contributed by atoms with Gasteiger partial charge in [-0.05, 0) is 6.04 Å². The molecule has 80 valence electrons. The van der Waals surface area contributed by atoms with Crippen LogP contribution in [0.5, 0.6) is 0 Å². The summed E-state index contributed by atoms with van der Waals surface area (Å²) in [6.45, 7) is 4.20. The molecule has 0 amide bonds. The predicted molar refractivity (Wildman–Crippen MR) is 60.2 cm³/mol. The summed E-state index contributed by atoms with van der Waals surface area (Å²) in [4.78, 5) is 10.9. The van der Waals surface area contributed by atoms with E-state index in [4.69, 9.17) is 17.3 Å². The van der Waals surface area contributed by atoms with E-state index in [2.05, 4.69) is 17.8 Å². The van der Waals surface area contributed by atoms with Gasteiger partial charge in [0.25, 0.3) is 0 Å². The maximum Gasteiger partial charge on any atom is 0.322 e. The highest BCUT2D eigenvalue weighted by atomic mass is 35.5. The molecule has 6 heteroatoms. The Hall–Kier alpha value is 0.227. The molecule has 3 nitrogen and oxygen atoms in total. The zero-order chi connectivity index (χ0) is 9.78. The Bertz CT molecular complexity index is 167. The fraction of sp³-hybridized carbons (Fsp3) is 0.857. The molecule has 0 rings (SSSR count). The molecule has 0 saturated heterocycles. The quantitative estimate of drug-likeness (QED) is 0.463. The molecule has 0 aliphatic carbocycles. The molecular weight excluding hydrogens is 229 g/mol. The number of carbonyl (C=O) groups is 1. The third-order valence-corrected chi connectivity index (χ3v) is 6.08. The Labute approximate surface area is 91.4 Å². The molecule has 0 aliphatic rings. The van der Waals surface area contributed by atoms with Crippen LogP contribution in [0.4, 0.5) is 0 Å². The summed E-state index contributed by atoms with van der Waals surface area (Å²) in [5.74, 6) is -0.347. The number of alkyl halides is 1. The number of halogens is 2. The van der Waals surface area contributed by atoms with E-state index in [-0.39, 0.29) is 18.4 Å². The maximum atomic E-state index is 10.9. The Balaban J connectivity index is 0. The molecule has 0 fully saturated rings. The van der Waals surface area contributed by atoms with E-state index < -0.39 is 14.1 Å². The van der Waals surface area contributed by atoms with Gasteiger partial charge in [0, 0.05) is 5.50 Å². The van der Waals surface area contributed by atoms with E-state index >= 15 is 0 Å². The zero-order valence-electron chi connectivity index (χ0n) is 8.17. The maximum absolute atomic E-state index is 10.9. The van der Waals surface area contributed by atoms with Gasteiger partial charge in [-0.1, -0.05) is 13.1 Å². The second-order valence-corrected chi connectivity index (χ2v) is 9.44. The van der Waals surface area contributed by atoms with Gasteiger partial charge in [0.1, 0.15) is 6.04 Å². The normalized spacial score (nSPS) is 13.0. The third-order valence-electron chi connectivity index (χ3n) is 1.64. The van der Waals surface area contributed by atoms with Crippen molar-refractivity contribution in [2.75, 3.05) is 12.6 Å². The highest BCUT2D eigenvalue weighted by Gasteiger charge is 2.26. The van der Waals surface area contributed by atoms with Gasteiger partial charge >= 0.3 is 5.97 Å². The molecule has 1 atom stereocenters. The lowest BCUT2D eigenvalue weighted by Crippen LogP contribution is -2.41. The molecular formula is C7H17Cl2NO2Si. The van der Waals surface area contributed by atoms with Gasteiger partial charge in [-0.15, -0.1) is 24.0 Å². The standard InChI is InChI=1S/C7H16ClNO2Si.ClH/c1-11-7(10)6(9)4-12(2,3)5-8;/h6H,4-5,9H2,1-3H3;1H/t6-;/m0./s1. The lowest BCUT2D eigenvalue weighted by Gasteiger charge is -2.21. The molecule has 2 N–H and O–H groups in total. The van der Waals surface area contributed by atoms with E-state index in [0.717, 1.165) is 0 Å². The Morgan fingerprint density at radius 1 is 1.62 bits per heavy atom. The topological polar surface area (TPSA) is 52.3 Å². The van der Waals surface area contributed by atoms with Crippen molar-refractivity contribution >= 4 is 38.1 Å². The summed E-state index contributed by atoms with van der Waals surface area (Å²) in [6.07, 6.45) is 0. The van der Waals surface area contributed by atoms with Crippen LogP contribution in [-0.2, 0) is 9.53 Å². The van der Waals surface area contributed by atoms with Crippen LogP contribution in [0, 0.1) is 0 Å². The van der Waals surface area contributed by atoms with Crippen LogP contribution >= 0.6 is 24.0 Å². The van der Waals surface area contributed by atoms with Crippen LogP contribution in [0.15, 0.2) is 0 Å². The van der Waals surface area contributed by atoms with Crippen LogP contribution in [0.3, 0.4) is 0 Å². The Kier molecular flexibility index (Phi) is 8.02. The van der Waals surface area contributed by atoms with Crippen molar-refractivity contribution in [1.29, 1.82) is 0 Å². The summed E-state index contributed by atoms with van der Waals surface area (Å²) in [7, 11) is -0.135. The number of carbonyl (C=O) groups excluding carboxylic acids is 1. The van der Waals surface area contributed by atoms with Crippen LogP contribution in [-0.4, -0.2) is 32.7 Å². The highest BCUT2D eigenvalue weighted by molar-refractivity contribution is 6.83. The minimum absolute atomic E-state index is 0. The molecule has 0 aromatic carbocycles. The summed E-state index contributed by atoms with van der Waals surface area (Å²) < 4.78 is 4.52. The van der Waals surface area contributed by atoms with E-state index in [9.17, 15) is 4.79 Å². The molecule has 0 radical (unpaired) electrons. The molecule has 0 saturated carbocycles. The van der Waals surface area contributed by atoms with Crippen LogP contribution in [0.25, 0.3) is 0 Å². The first-order chi connectivity index (χ1) is 5.43. The van der Waals surface area contributed by atoms with Gasteiger partial charge in [-0.25, -0.2) is 0 Å². The van der Waals surface area contributed by atoms with E-state index in [1.54, 1.807) is 0 Å². The molecule has 0 aliphatic heterocycles. The van der Waals surface area contributed by atoms with Gasteiger partial charge in [-0.3, -0.25) is 4.79 Å². The van der Waals surface area contributed by atoms with Crippen molar-refractivity contribution < 1.29 is 9.53 Å².